The van der Waals surface area contributed by atoms with Gasteiger partial charge in [0.25, 0.3) is 5.91 Å². The van der Waals surface area contributed by atoms with Gasteiger partial charge in [-0.15, -0.1) is 0 Å². The van der Waals surface area contributed by atoms with Gasteiger partial charge in [-0.1, -0.05) is 19.1 Å². The summed E-state index contributed by atoms with van der Waals surface area (Å²) in [5, 5.41) is 9.18. The van der Waals surface area contributed by atoms with E-state index in [1.807, 2.05) is 6.92 Å². The summed E-state index contributed by atoms with van der Waals surface area (Å²) in [5.41, 5.74) is 6.33. The van der Waals surface area contributed by atoms with Gasteiger partial charge in [0.1, 0.15) is 17.6 Å². The number of carbonyl (C=O) groups is 1. The number of benzene rings is 1. The summed E-state index contributed by atoms with van der Waals surface area (Å²) in [7, 11) is 0. The molecule has 0 aliphatic carbocycles. The molecule has 0 saturated heterocycles. The van der Waals surface area contributed by atoms with Gasteiger partial charge in [-0.05, 0) is 17.7 Å². The summed E-state index contributed by atoms with van der Waals surface area (Å²) >= 11 is 0. The van der Waals surface area contributed by atoms with E-state index in [-0.39, 0.29) is 11.7 Å². The van der Waals surface area contributed by atoms with E-state index < -0.39 is 6.04 Å². The zero-order chi connectivity index (χ0) is 12.3. The Bertz CT molecular complexity index is 440. The molecular formula is C12H15N3O2. The third-order valence-electron chi connectivity index (χ3n) is 2.64. The topological polar surface area (TPSA) is 73.7 Å². The SMILES string of the molecule is CCC1=NC(Cc2ccc(O)cc2)C(=O)NN1. The van der Waals surface area contributed by atoms with Crippen LogP contribution in [0.3, 0.4) is 0 Å². The Kier molecular flexibility index (Phi) is 3.27. The van der Waals surface area contributed by atoms with Crippen LogP contribution in [0, 0.1) is 0 Å². The van der Waals surface area contributed by atoms with E-state index in [1.165, 1.54) is 0 Å². The van der Waals surface area contributed by atoms with Crippen molar-refractivity contribution in [2.75, 3.05) is 0 Å². The van der Waals surface area contributed by atoms with Crippen LogP contribution in [0.1, 0.15) is 18.9 Å². The van der Waals surface area contributed by atoms with Crippen molar-refractivity contribution >= 4 is 11.7 Å². The van der Waals surface area contributed by atoms with Crippen molar-refractivity contribution in [3.8, 4) is 5.75 Å². The lowest BCUT2D eigenvalue weighted by Gasteiger charge is -2.21. The molecule has 0 aromatic heterocycles. The number of carbonyl (C=O) groups excluding carboxylic acids is 1. The number of hydrogen-bond donors (Lipinski definition) is 3. The molecule has 1 aliphatic heterocycles. The summed E-state index contributed by atoms with van der Waals surface area (Å²) in [5.74, 6) is 0.880. The Balaban J connectivity index is 2.11. The Labute approximate surface area is 99.5 Å². The fourth-order valence-electron chi connectivity index (χ4n) is 1.67. The van der Waals surface area contributed by atoms with E-state index in [2.05, 4.69) is 15.8 Å². The van der Waals surface area contributed by atoms with Crippen LogP contribution < -0.4 is 10.9 Å². The molecule has 90 valence electrons. The van der Waals surface area contributed by atoms with E-state index >= 15 is 0 Å². The van der Waals surface area contributed by atoms with E-state index in [9.17, 15) is 9.90 Å². The number of aliphatic imine (C=N–C) groups is 1. The van der Waals surface area contributed by atoms with Gasteiger partial charge in [0.15, 0.2) is 0 Å². The maximum absolute atomic E-state index is 11.6. The van der Waals surface area contributed by atoms with E-state index in [0.717, 1.165) is 17.8 Å². The van der Waals surface area contributed by atoms with Gasteiger partial charge in [0.2, 0.25) is 0 Å². The third-order valence-corrected chi connectivity index (χ3v) is 2.64. The Morgan fingerprint density at radius 3 is 2.65 bits per heavy atom. The number of phenolic OH excluding ortho intramolecular Hbond substituents is 1. The van der Waals surface area contributed by atoms with Crippen LogP contribution in [-0.4, -0.2) is 22.9 Å². The van der Waals surface area contributed by atoms with E-state index in [4.69, 9.17) is 0 Å². The standard InChI is InChI=1S/C12H15N3O2/c1-2-11-13-10(12(17)15-14-11)7-8-3-5-9(16)6-4-8/h3-6,10,16H,2,7H2,1H3,(H,13,14)(H,15,17). The fourth-order valence-corrected chi connectivity index (χ4v) is 1.67. The van der Waals surface area contributed by atoms with Gasteiger partial charge in [-0.25, -0.2) is 0 Å². The van der Waals surface area contributed by atoms with Gasteiger partial charge in [0.05, 0.1) is 0 Å². The summed E-state index contributed by atoms with van der Waals surface area (Å²) in [6, 6.07) is 6.42. The molecule has 0 spiro atoms. The number of phenols is 1. The highest BCUT2D eigenvalue weighted by Gasteiger charge is 2.22. The van der Waals surface area contributed by atoms with Crippen molar-refractivity contribution < 1.29 is 9.90 Å². The van der Waals surface area contributed by atoms with Gasteiger partial charge in [-0.3, -0.25) is 20.6 Å². The number of hydrogen-bond acceptors (Lipinski definition) is 4. The normalized spacial score (nSPS) is 19.2. The van der Waals surface area contributed by atoms with Crippen LogP contribution in [0.25, 0.3) is 0 Å². The molecule has 17 heavy (non-hydrogen) atoms. The third kappa shape index (κ3) is 2.75. The highest BCUT2D eigenvalue weighted by molar-refractivity contribution is 5.93. The fraction of sp³-hybridized carbons (Fsp3) is 0.333. The maximum atomic E-state index is 11.6. The lowest BCUT2D eigenvalue weighted by Crippen LogP contribution is -2.51. The highest BCUT2D eigenvalue weighted by Crippen LogP contribution is 2.13. The predicted octanol–water partition coefficient (Wildman–Crippen LogP) is 0.746. The summed E-state index contributed by atoms with van der Waals surface area (Å²) in [6.45, 7) is 1.97. The number of hydrazine groups is 1. The maximum Gasteiger partial charge on any atom is 0.263 e. The second-order valence-corrected chi connectivity index (χ2v) is 3.93. The molecular weight excluding hydrogens is 218 g/mol. The molecule has 5 heteroatoms. The average Bonchev–Trinajstić information content (AvgIpc) is 2.35. The number of amides is 1. The molecule has 0 radical (unpaired) electrons. The molecule has 1 amide bonds. The molecule has 1 aromatic rings. The minimum atomic E-state index is -0.393. The summed E-state index contributed by atoms with van der Waals surface area (Å²) in [4.78, 5) is 15.9. The number of nitrogens with zero attached hydrogens (tertiary/aromatic N) is 1. The molecule has 0 saturated carbocycles. The van der Waals surface area contributed by atoms with Crippen LogP contribution in [0.4, 0.5) is 0 Å². The van der Waals surface area contributed by atoms with Gasteiger partial charge in [-0.2, -0.15) is 0 Å². The minimum absolute atomic E-state index is 0.129. The minimum Gasteiger partial charge on any atom is -0.508 e. The molecule has 1 heterocycles. The Hall–Kier alpha value is -2.04. The van der Waals surface area contributed by atoms with Crippen molar-refractivity contribution in [3.05, 3.63) is 29.8 Å². The van der Waals surface area contributed by atoms with Gasteiger partial charge in [0, 0.05) is 12.8 Å². The molecule has 0 fully saturated rings. The number of rotatable bonds is 3. The second-order valence-electron chi connectivity index (χ2n) is 3.93. The van der Waals surface area contributed by atoms with E-state index in [0.29, 0.717) is 6.42 Å². The van der Waals surface area contributed by atoms with Crippen molar-refractivity contribution in [2.45, 2.75) is 25.8 Å². The zero-order valence-corrected chi connectivity index (χ0v) is 9.60. The largest absolute Gasteiger partial charge is 0.508 e. The molecule has 2 rings (SSSR count). The van der Waals surface area contributed by atoms with Crippen LogP contribution in [0.2, 0.25) is 0 Å². The Morgan fingerprint density at radius 1 is 1.29 bits per heavy atom. The molecule has 0 bridgehead atoms. The van der Waals surface area contributed by atoms with Crippen LogP contribution in [0.15, 0.2) is 29.3 Å². The average molecular weight is 233 g/mol. The lowest BCUT2D eigenvalue weighted by molar-refractivity contribution is -0.123. The summed E-state index contributed by atoms with van der Waals surface area (Å²) < 4.78 is 0. The van der Waals surface area contributed by atoms with E-state index in [1.54, 1.807) is 24.3 Å². The Morgan fingerprint density at radius 2 is 2.00 bits per heavy atom. The van der Waals surface area contributed by atoms with Crippen molar-refractivity contribution in [2.24, 2.45) is 4.99 Å². The lowest BCUT2D eigenvalue weighted by atomic mass is 10.1. The van der Waals surface area contributed by atoms with Crippen molar-refractivity contribution in [1.82, 2.24) is 10.9 Å². The van der Waals surface area contributed by atoms with Crippen LogP contribution in [-0.2, 0) is 11.2 Å². The highest BCUT2D eigenvalue weighted by atomic mass is 16.3. The zero-order valence-electron chi connectivity index (χ0n) is 9.60. The molecule has 1 aliphatic rings. The molecule has 5 nitrogen and oxygen atoms in total. The van der Waals surface area contributed by atoms with Crippen LogP contribution in [0.5, 0.6) is 5.75 Å². The number of aromatic hydroxyl groups is 1. The first-order chi connectivity index (χ1) is 8.19. The number of amidine groups is 1. The van der Waals surface area contributed by atoms with Gasteiger partial charge >= 0.3 is 0 Å². The monoisotopic (exact) mass is 233 g/mol. The molecule has 1 atom stereocenters. The van der Waals surface area contributed by atoms with Crippen molar-refractivity contribution in [3.63, 3.8) is 0 Å². The van der Waals surface area contributed by atoms with Crippen molar-refractivity contribution in [1.29, 1.82) is 0 Å². The quantitative estimate of drug-likeness (QED) is 0.721. The van der Waals surface area contributed by atoms with Crippen LogP contribution >= 0.6 is 0 Å². The summed E-state index contributed by atoms with van der Waals surface area (Å²) in [6.07, 6.45) is 1.30. The second kappa shape index (κ2) is 4.86. The van der Waals surface area contributed by atoms with Gasteiger partial charge < -0.3 is 5.11 Å². The predicted molar refractivity (Wildman–Crippen MR) is 64.6 cm³/mol. The first-order valence-corrected chi connectivity index (χ1v) is 5.59. The first-order valence-electron chi connectivity index (χ1n) is 5.59. The first kappa shape index (κ1) is 11.4. The smallest absolute Gasteiger partial charge is 0.263 e. The molecule has 1 aromatic carbocycles. The molecule has 1 unspecified atom stereocenters. The number of nitrogens with one attached hydrogen (secondary N) is 2. The molecule has 3 N–H and O–H groups in total.